The van der Waals surface area contributed by atoms with Crippen LogP contribution in [0.3, 0.4) is 0 Å². The Kier molecular flexibility index (Phi) is 5.35. The minimum atomic E-state index is -0.443. The van der Waals surface area contributed by atoms with Gasteiger partial charge in [-0.15, -0.1) is 0 Å². The van der Waals surface area contributed by atoms with E-state index < -0.39 is 11.0 Å². The van der Waals surface area contributed by atoms with Gasteiger partial charge in [-0.2, -0.15) is 0 Å². The lowest BCUT2D eigenvalue weighted by Crippen LogP contribution is -2.38. The topological polar surface area (TPSA) is 77.5 Å². The molecular formula is C27H18BrN3O3S. The van der Waals surface area contributed by atoms with Crippen molar-refractivity contribution in [3.8, 4) is 0 Å². The molecule has 1 aliphatic carbocycles. The first kappa shape index (κ1) is 21.9. The maximum absolute atomic E-state index is 13.7. The van der Waals surface area contributed by atoms with E-state index in [-0.39, 0.29) is 11.2 Å². The van der Waals surface area contributed by atoms with E-state index in [1.54, 1.807) is 16.7 Å². The minimum Gasteiger partial charge on any atom is -0.272 e. The van der Waals surface area contributed by atoms with E-state index in [1.807, 2.05) is 48.5 Å². The van der Waals surface area contributed by atoms with Crippen LogP contribution in [0.1, 0.15) is 34.7 Å². The van der Waals surface area contributed by atoms with Gasteiger partial charge < -0.3 is 0 Å². The molecular weight excluding hydrogens is 526 g/mol. The highest BCUT2D eigenvalue weighted by atomic mass is 79.9. The molecule has 0 radical (unpaired) electrons. The Morgan fingerprint density at radius 3 is 2.66 bits per heavy atom. The Balaban J connectivity index is 1.63. The monoisotopic (exact) mass is 543 g/mol. The molecule has 2 heterocycles. The number of thiazole rings is 1. The number of rotatable bonds is 3. The SMILES string of the molecule is O=c1/c(=C\c2ccc(Br)cc2)sc2n1[C@H](c1cccc([N+](=O)[O-])c1)C1=C(N=2)c2ccccc2CC1. The maximum Gasteiger partial charge on any atom is 0.271 e. The summed E-state index contributed by atoms with van der Waals surface area (Å²) >= 11 is 4.79. The third kappa shape index (κ3) is 3.79. The number of hydrogen-bond acceptors (Lipinski definition) is 5. The van der Waals surface area contributed by atoms with Crippen LogP contribution in [0.2, 0.25) is 0 Å². The summed E-state index contributed by atoms with van der Waals surface area (Å²) in [4.78, 5) is 30.4. The van der Waals surface area contributed by atoms with Crippen molar-refractivity contribution < 1.29 is 4.92 Å². The van der Waals surface area contributed by atoms with Crippen LogP contribution < -0.4 is 14.9 Å². The first-order valence-electron chi connectivity index (χ1n) is 11.1. The summed E-state index contributed by atoms with van der Waals surface area (Å²) < 4.78 is 3.25. The second kappa shape index (κ2) is 8.55. The predicted octanol–water partition coefficient (Wildman–Crippen LogP) is 4.99. The van der Waals surface area contributed by atoms with Crippen molar-refractivity contribution in [1.82, 2.24) is 4.57 Å². The fraction of sp³-hybridized carbons (Fsp3) is 0.111. The summed E-state index contributed by atoms with van der Waals surface area (Å²) in [6.07, 6.45) is 3.44. The Hall–Kier alpha value is -3.62. The lowest BCUT2D eigenvalue weighted by atomic mass is 9.83. The van der Waals surface area contributed by atoms with Gasteiger partial charge in [0.25, 0.3) is 11.2 Å². The molecule has 1 atom stereocenters. The van der Waals surface area contributed by atoms with E-state index in [1.165, 1.54) is 23.0 Å². The van der Waals surface area contributed by atoms with Crippen molar-refractivity contribution in [1.29, 1.82) is 0 Å². The van der Waals surface area contributed by atoms with Crippen LogP contribution in [0.4, 0.5) is 5.69 Å². The normalized spacial score (nSPS) is 16.8. The lowest BCUT2D eigenvalue weighted by molar-refractivity contribution is -0.384. The number of fused-ring (bicyclic) bond motifs is 3. The molecule has 0 amide bonds. The number of benzene rings is 3. The van der Waals surface area contributed by atoms with Gasteiger partial charge in [0.1, 0.15) is 0 Å². The number of nitrogens with zero attached hydrogens (tertiary/aromatic N) is 3. The smallest absolute Gasteiger partial charge is 0.271 e. The number of aromatic nitrogens is 1. The summed E-state index contributed by atoms with van der Waals surface area (Å²) in [5.41, 5.74) is 5.69. The van der Waals surface area contributed by atoms with Crippen LogP contribution >= 0.6 is 27.3 Å². The molecule has 172 valence electrons. The number of nitro groups is 1. The van der Waals surface area contributed by atoms with Crippen LogP contribution in [0, 0.1) is 10.1 Å². The molecule has 1 aromatic heterocycles. The Morgan fingerprint density at radius 1 is 1.06 bits per heavy atom. The van der Waals surface area contributed by atoms with Crippen molar-refractivity contribution in [2.24, 2.45) is 4.99 Å². The highest BCUT2D eigenvalue weighted by Crippen LogP contribution is 2.41. The van der Waals surface area contributed by atoms with Crippen molar-refractivity contribution in [2.45, 2.75) is 18.9 Å². The van der Waals surface area contributed by atoms with Crippen LogP contribution in [0.25, 0.3) is 11.8 Å². The number of hydrogen-bond donors (Lipinski definition) is 0. The third-order valence-electron chi connectivity index (χ3n) is 6.44. The van der Waals surface area contributed by atoms with Gasteiger partial charge in [-0.3, -0.25) is 19.5 Å². The van der Waals surface area contributed by atoms with Crippen molar-refractivity contribution in [2.75, 3.05) is 0 Å². The molecule has 3 aromatic carbocycles. The first-order valence-corrected chi connectivity index (χ1v) is 12.7. The highest BCUT2D eigenvalue weighted by Gasteiger charge is 2.33. The molecule has 35 heavy (non-hydrogen) atoms. The van der Waals surface area contributed by atoms with Crippen LogP contribution in [0.5, 0.6) is 0 Å². The Labute approximate surface area is 212 Å². The highest BCUT2D eigenvalue weighted by molar-refractivity contribution is 9.10. The standard InChI is InChI=1S/C27H18BrN3O3S/c28-19-11-8-16(9-12-19)14-23-26(32)30-25(18-5-3-6-20(15-18)31(33)34)22-13-10-17-4-1-2-7-21(17)24(22)29-27(30)35-23/h1-9,11-12,14-15,25H,10,13H2/b23-14+/t25-/m1/s1. The number of allylic oxidation sites excluding steroid dienone is 1. The van der Waals surface area contributed by atoms with Gasteiger partial charge in [0.05, 0.1) is 21.2 Å². The maximum atomic E-state index is 13.7. The van der Waals surface area contributed by atoms with E-state index in [4.69, 9.17) is 4.99 Å². The molecule has 0 N–H and O–H groups in total. The van der Waals surface area contributed by atoms with Crippen molar-refractivity contribution >= 4 is 44.7 Å². The van der Waals surface area contributed by atoms with Gasteiger partial charge in [-0.1, -0.05) is 75.8 Å². The predicted molar refractivity (Wildman–Crippen MR) is 140 cm³/mol. The summed E-state index contributed by atoms with van der Waals surface area (Å²) in [7, 11) is 0. The van der Waals surface area contributed by atoms with Gasteiger partial charge in [0.15, 0.2) is 4.80 Å². The van der Waals surface area contributed by atoms with Gasteiger partial charge in [-0.05, 0) is 53.3 Å². The second-order valence-corrected chi connectivity index (χ2v) is 10.4. The lowest BCUT2D eigenvalue weighted by Gasteiger charge is -2.30. The third-order valence-corrected chi connectivity index (χ3v) is 7.95. The molecule has 0 spiro atoms. The summed E-state index contributed by atoms with van der Waals surface area (Å²) in [5, 5.41) is 11.5. The van der Waals surface area contributed by atoms with E-state index >= 15 is 0 Å². The molecule has 0 fully saturated rings. The minimum absolute atomic E-state index is 0.00912. The van der Waals surface area contributed by atoms with Crippen LogP contribution in [0.15, 0.2) is 92.6 Å². The summed E-state index contributed by atoms with van der Waals surface area (Å²) in [6.45, 7) is 0. The van der Waals surface area contributed by atoms with Gasteiger partial charge in [0, 0.05) is 22.2 Å². The average molecular weight is 544 g/mol. The van der Waals surface area contributed by atoms with E-state index in [2.05, 4.69) is 28.1 Å². The molecule has 2 aliphatic rings. The molecule has 4 aromatic rings. The van der Waals surface area contributed by atoms with Crippen molar-refractivity contribution in [3.63, 3.8) is 0 Å². The zero-order valence-electron chi connectivity index (χ0n) is 18.3. The summed E-state index contributed by atoms with van der Waals surface area (Å²) in [5.74, 6) is 0. The number of non-ortho nitro benzene ring substituents is 1. The van der Waals surface area contributed by atoms with Crippen LogP contribution in [-0.2, 0) is 6.42 Å². The molecule has 8 heteroatoms. The zero-order valence-corrected chi connectivity index (χ0v) is 20.8. The van der Waals surface area contributed by atoms with E-state index in [0.717, 1.165) is 45.3 Å². The Morgan fingerprint density at radius 2 is 1.86 bits per heavy atom. The largest absolute Gasteiger partial charge is 0.272 e. The number of nitro benzene ring substituents is 1. The quantitative estimate of drug-likeness (QED) is 0.270. The number of halogens is 1. The van der Waals surface area contributed by atoms with Crippen molar-refractivity contribution in [3.05, 3.63) is 135 Å². The number of aryl methyl sites for hydroxylation is 1. The fourth-order valence-electron chi connectivity index (χ4n) is 4.84. The molecule has 1 aliphatic heterocycles. The Bertz CT molecular complexity index is 1720. The molecule has 6 nitrogen and oxygen atoms in total. The van der Waals surface area contributed by atoms with Gasteiger partial charge in [-0.25, -0.2) is 4.99 Å². The van der Waals surface area contributed by atoms with Gasteiger partial charge >= 0.3 is 0 Å². The summed E-state index contributed by atoms with van der Waals surface area (Å²) in [6, 6.07) is 22.1. The molecule has 0 saturated heterocycles. The average Bonchev–Trinajstić information content (AvgIpc) is 3.18. The fourth-order valence-corrected chi connectivity index (χ4v) is 6.11. The molecule has 0 unspecified atom stereocenters. The second-order valence-electron chi connectivity index (χ2n) is 8.52. The van der Waals surface area contributed by atoms with Gasteiger partial charge in [0.2, 0.25) is 0 Å². The molecule has 0 saturated carbocycles. The molecule has 6 rings (SSSR count). The zero-order chi connectivity index (χ0) is 24.1. The first-order chi connectivity index (χ1) is 17.0. The van der Waals surface area contributed by atoms with E-state index in [0.29, 0.717) is 9.33 Å². The van der Waals surface area contributed by atoms with Crippen LogP contribution in [-0.4, -0.2) is 9.49 Å². The molecule has 0 bridgehead atoms. The van der Waals surface area contributed by atoms with E-state index in [9.17, 15) is 14.9 Å².